The second kappa shape index (κ2) is 2.85. The summed E-state index contributed by atoms with van der Waals surface area (Å²) in [7, 11) is 0. The molecule has 0 aromatic heterocycles. The van der Waals surface area contributed by atoms with Crippen LogP contribution in [0.4, 0.5) is 0 Å². The molecular formula is C9H14N2OS. The van der Waals surface area contributed by atoms with Crippen LogP contribution in [0.25, 0.3) is 0 Å². The minimum atomic E-state index is -0.814. The number of nitrogens with one attached hydrogen (secondary N) is 1. The van der Waals surface area contributed by atoms with E-state index in [4.69, 9.17) is 22.2 Å². The fourth-order valence-corrected chi connectivity index (χ4v) is 1.92. The van der Waals surface area contributed by atoms with Crippen LogP contribution in [0.2, 0.25) is 0 Å². The molecule has 0 amide bonds. The lowest BCUT2D eigenvalue weighted by molar-refractivity contribution is 0.00228. The Balaban J connectivity index is 3.03. The van der Waals surface area contributed by atoms with Gasteiger partial charge in [-0.1, -0.05) is 6.92 Å². The molecule has 0 unspecified atom stereocenters. The predicted octanol–water partition coefficient (Wildman–Crippen LogP) is 1.59. The molecule has 1 aliphatic rings. The van der Waals surface area contributed by atoms with Gasteiger partial charge in [0.2, 0.25) is 0 Å². The standard InChI is InChI=1S/C9H14N2OS/c1-6-8(2,3)11-7(13)12-9(6,4)5-10/h6H,1-4H3,(H,11,13)/t6-,9+/m0/s1. The zero-order valence-electron chi connectivity index (χ0n) is 8.34. The van der Waals surface area contributed by atoms with E-state index in [-0.39, 0.29) is 11.5 Å². The SMILES string of the molecule is C[C@H]1C(C)(C)NC(=S)O[C@]1(C)C#N. The van der Waals surface area contributed by atoms with E-state index < -0.39 is 5.60 Å². The Kier molecular flexibility index (Phi) is 2.25. The topological polar surface area (TPSA) is 45.0 Å². The number of hydrogen-bond acceptors (Lipinski definition) is 3. The lowest BCUT2D eigenvalue weighted by Crippen LogP contribution is -2.62. The van der Waals surface area contributed by atoms with Crippen molar-refractivity contribution in [3.05, 3.63) is 0 Å². The molecule has 1 heterocycles. The van der Waals surface area contributed by atoms with Crippen LogP contribution in [0, 0.1) is 17.2 Å². The Hall–Kier alpha value is -0.820. The minimum Gasteiger partial charge on any atom is -0.449 e. The van der Waals surface area contributed by atoms with E-state index in [1.54, 1.807) is 6.92 Å². The van der Waals surface area contributed by atoms with E-state index >= 15 is 0 Å². The first-order valence-electron chi connectivity index (χ1n) is 4.24. The average molecular weight is 198 g/mol. The van der Waals surface area contributed by atoms with Gasteiger partial charge in [-0.3, -0.25) is 0 Å². The second-order valence-electron chi connectivity index (χ2n) is 4.18. The summed E-state index contributed by atoms with van der Waals surface area (Å²) >= 11 is 4.94. The van der Waals surface area contributed by atoms with Crippen molar-refractivity contribution >= 4 is 17.4 Å². The van der Waals surface area contributed by atoms with Gasteiger partial charge in [-0.2, -0.15) is 5.26 Å². The van der Waals surface area contributed by atoms with Gasteiger partial charge in [0.25, 0.3) is 5.17 Å². The summed E-state index contributed by atoms with van der Waals surface area (Å²) in [6.45, 7) is 7.79. The maximum atomic E-state index is 9.01. The van der Waals surface area contributed by atoms with Crippen molar-refractivity contribution in [2.45, 2.75) is 38.8 Å². The van der Waals surface area contributed by atoms with E-state index in [2.05, 4.69) is 11.4 Å². The molecule has 13 heavy (non-hydrogen) atoms. The zero-order valence-corrected chi connectivity index (χ0v) is 9.16. The summed E-state index contributed by atoms with van der Waals surface area (Å²) in [6, 6.07) is 2.17. The third kappa shape index (κ3) is 1.61. The molecule has 0 radical (unpaired) electrons. The number of hydrogen-bond donors (Lipinski definition) is 1. The van der Waals surface area contributed by atoms with E-state index in [9.17, 15) is 0 Å². The summed E-state index contributed by atoms with van der Waals surface area (Å²) in [5.41, 5.74) is -1.01. The van der Waals surface area contributed by atoms with Crippen LogP contribution in [0.1, 0.15) is 27.7 Å². The van der Waals surface area contributed by atoms with Gasteiger partial charge in [-0.05, 0) is 33.0 Å². The maximum absolute atomic E-state index is 9.01. The van der Waals surface area contributed by atoms with Gasteiger partial charge < -0.3 is 10.1 Å². The highest BCUT2D eigenvalue weighted by molar-refractivity contribution is 7.80. The van der Waals surface area contributed by atoms with Crippen LogP contribution in [0.15, 0.2) is 0 Å². The molecule has 72 valence electrons. The molecule has 0 bridgehead atoms. The molecule has 0 spiro atoms. The molecule has 1 rings (SSSR count). The van der Waals surface area contributed by atoms with Crippen LogP contribution < -0.4 is 5.32 Å². The van der Waals surface area contributed by atoms with Crippen molar-refractivity contribution < 1.29 is 4.74 Å². The summed E-state index contributed by atoms with van der Waals surface area (Å²) in [6.07, 6.45) is 0. The van der Waals surface area contributed by atoms with Gasteiger partial charge in [-0.15, -0.1) is 0 Å². The molecule has 0 aromatic rings. The van der Waals surface area contributed by atoms with Crippen LogP contribution in [-0.2, 0) is 4.74 Å². The maximum Gasteiger partial charge on any atom is 0.258 e. The second-order valence-corrected chi connectivity index (χ2v) is 4.55. The highest BCUT2D eigenvalue weighted by Gasteiger charge is 2.47. The molecule has 1 aliphatic heterocycles. The Labute approximate surface area is 84.1 Å². The van der Waals surface area contributed by atoms with Crippen LogP contribution >= 0.6 is 12.2 Å². The zero-order chi connectivity index (χ0) is 10.3. The summed E-state index contributed by atoms with van der Waals surface area (Å²) in [5, 5.41) is 12.4. The third-order valence-electron chi connectivity index (χ3n) is 2.86. The molecule has 3 nitrogen and oxygen atoms in total. The molecule has 4 heteroatoms. The number of nitriles is 1. The first-order valence-corrected chi connectivity index (χ1v) is 4.65. The number of nitrogens with zero attached hydrogens (tertiary/aromatic N) is 1. The van der Waals surface area contributed by atoms with Crippen molar-refractivity contribution in [2.75, 3.05) is 0 Å². The first-order chi connectivity index (χ1) is 5.82. The lowest BCUT2D eigenvalue weighted by atomic mass is 9.76. The highest BCUT2D eigenvalue weighted by Crippen LogP contribution is 2.34. The Morgan fingerprint density at radius 3 is 2.54 bits per heavy atom. The molecular weight excluding hydrogens is 184 g/mol. The van der Waals surface area contributed by atoms with Crippen molar-refractivity contribution in [1.29, 1.82) is 5.26 Å². The molecule has 2 atom stereocenters. The number of ether oxygens (including phenoxy) is 1. The summed E-state index contributed by atoms with van der Waals surface area (Å²) in [4.78, 5) is 0. The lowest BCUT2D eigenvalue weighted by Gasteiger charge is -2.46. The van der Waals surface area contributed by atoms with Gasteiger partial charge in [0.1, 0.15) is 6.07 Å². The van der Waals surface area contributed by atoms with Gasteiger partial charge >= 0.3 is 0 Å². The minimum absolute atomic E-state index is 0.0803. The monoisotopic (exact) mass is 198 g/mol. The fraction of sp³-hybridized carbons (Fsp3) is 0.778. The van der Waals surface area contributed by atoms with Gasteiger partial charge in [0, 0.05) is 11.5 Å². The van der Waals surface area contributed by atoms with E-state index in [1.807, 2.05) is 20.8 Å². The smallest absolute Gasteiger partial charge is 0.258 e. The van der Waals surface area contributed by atoms with Crippen molar-refractivity contribution in [3.8, 4) is 6.07 Å². The fourth-order valence-electron chi connectivity index (χ4n) is 1.49. The Bertz CT molecular complexity index is 282. The Morgan fingerprint density at radius 2 is 2.08 bits per heavy atom. The quantitative estimate of drug-likeness (QED) is 0.600. The summed E-state index contributed by atoms with van der Waals surface area (Å²) < 4.78 is 5.33. The van der Waals surface area contributed by atoms with E-state index in [0.29, 0.717) is 5.17 Å². The Morgan fingerprint density at radius 1 is 1.54 bits per heavy atom. The largest absolute Gasteiger partial charge is 0.449 e. The van der Waals surface area contributed by atoms with Crippen LogP contribution in [0.3, 0.4) is 0 Å². The normalized spacial score (nSPS) is 37.2. The third-order valence-corrected chi connectivity index (χ3v) is 3.05. The van der Waals surface area contributed by atoms with Gasteiger partial charge in [0.05, 0.1) is 0 Å². The van der Waals surface area contributed by atoms with Gasteiger partial charge in [-0.25, -0.2) is 0 Å². The molecule has 1 saturated heterocycles. The molecule has 1 N–H and O–H groups in total. The van der Waals surface area contributed by atoms with Crippen LogP contribution in [-0.4, -0.2) is 16.3 Å². The van der Waals surface area contributed by atoms with Crippen molar-refractivity contribution in [1.82, 2.24) is 5.32 Å². The highest BCUT2D eigenvalue weighted by atomic mass is 32.1. The number of rotatable bonds is 0. The molecule has 0 aliphatic carbocycles. The number of thiocarbonyl (C=S) groups is 1. The average Bonchev–Trinajstić information content (AvgIpc) is 1.99. The summed E-state index contributed by atoms with van der Waals surface area (Å²) in [5.74, 6) is 0.0803. The van der Waals surface area contributed by atoms with E-state index in [0.717, 1.165) is 0 Å². The molecule has 1 fully saturated rings. The molecule has 0 saturated carbocycles. The van der Waals surface area contributed by atoms with Crippen LogP contribution in [0.5, 0.6) is 0 Å². The van der Waals surface area contributed by atoms with Gasteiger partial charge in [0.15, 0.2) is 5.60 Å². The van der Waals surface area contributed by atoms with Crippen molar-refractivity contribution in [2.24, 2.45) is 5.92 Å². The molecule has 0 aromatic carbocycles. The van der Waals surface area contributed by atoms with E-state index in [1.165, 1.54) is 0 Å². The first kappa shape index (κ1) is 10.3. The van der Waals surface area contributed by atoms with Crippen molar-refractivity contribution in [3.63, 3.8) is 0 Å². The predicted molar refractivity (Wildman–Crippen MR) is 54.1 cm³/mol.